The summed E-state index contributed by atoms with van der Waals surface area (Å²) in [6.45, 7) is 0. The highest BCUT2D eigenvalue weighted by Crippen LogP contribution is 2.31. The van der Waals surface area contributed by atoms with Crippen LogP contribution < -0.4 is 5.73 Å². The molecule has 0 bridgehead atoms. The minimum Gasteiger partial charge on any atom is -0.382 e. The van der Waals surface area contributed by atoms with E-state index in [0.717, 1.165) is 15.7 Å². The van der Waals surface area contributed by atoms with Crippen LogP contribution in [-0.2, 0) is 9.84 Å². The van der Waals surface area contributed by atoms with Gasteiger partial charge in [0.25, 0.3) is 0 Å². The smallest absolute Gasteiger partial charge is 0.175 e. The number of hydrogen-bond donors (Lipinski definition) is 1. The normalized spacial score (nSPS) is 11.9. The van der Waals surface area contributed by atoms with E-state index in [2.05, 4.69) is 26.0 Å². The van der Waals surface area contributed by atoms with Crippen LogP contribution in [0.4, 0.5) is 5.82 Å². The van der Waals surface area contributed by atoms with Crippen molar-refractivity contribution in [3.63, 3.8) is 0 Å². The monoisotopic (exact) mass is 366 g/mol. The van der Waals surface area contributed by atoms with Crippen molar-refractivity contribution >= 4 is 37.1 Å². The molecule has 8 heteroatoms. The van der Waals surface area contributed by atoms with E-state index in [0.29, 0.717) is 11.3 Å². The molecule has 108 valence electrons. The van der Waals surface area contributed by atoms with E-state index in [4.69, 9.17) is 5.73 Å². The van der Waals surface area contributed by atoms with Gasteiger partial charge in [-0.3, -0.25) is 0 Å². The van der Waals surface area contributed by atoms with Crippen LogP contribution in [-0.4, -0.2) is 29.3 Å². The molecule has 0 saturated heterocycles. The third kappa shape index (κ3) is 2.40. The second-order valence-corrected chi connectivity index (χ2v) is 7.45. The molecule has 0 aliphatic heterocycles. The Morgan fingerprint density at radius 3 is 2.52 bits per heavy atom. The van der Waals surface area contributed by atoms with Crippen LogP contribution in [0.5, 0.6) is 0 Å². The van der Waals surface area contributed by atoms with Crippen molar-refractivity contribution < 1.29 is 8.42 Å². The lowest BCUT2D eigenvalue weighted by atomic mass is 10.2. The Morgan fingerprint density at radius 2 is 1.90 bits per heavy atom. The molecular weight excluding hydrogens is 356 g/mol. The zero-order valence-electron chi connectivity index (χ0n) is 11.0. The minimum absolute atomic E-state index is 0.278. The van der Waals surface area contributed by atoms with Crippen molar-refractivity contribution in [2.24, 2.45) is 0 Å². The molecule has 3 aromatic rings. The van der Waals surface area contributed by atoms with Crippen molar-refractivity contribution in [3.8, 4) is 11.3 Å². The highest BCUT2D eigenvalue weighted by molar-refractivity contribution is 9.10. The summed E-state index contributed by atoms with van der Waals surface area (Å²) in [5.41, 5.74) is 8.16. The van der Waals surface area contributed by atoms with E-state index in [1.165, 1.54) is 12.6 Å². The quantitative estimate of drug-likeness (QED) is 0.750. The van der Waals surface area contributed by atoms with Crippen LogP contribution in [0.1, 0.15) is 0 Å². The fourth-order valence-electron chi connectivity index (χ4n) is 2.10. The second-order valence-electron chi connectivity index (χ2n) is 4.58. The van der Waals surface area contributed by atoms with Crippen molar-refractivity contribution in [1.29, 1.82) is 0 Å². The number of fused-ring (bicyclic) bond motifs is 1. The fraction of sp³-hybridized carbons (Fsp3) is 0.0769. The lowest BCUT2D eigenvalue weighted by Crippen LogP contribution is -2.00. The second kappa shape index (κ2) is 4.81. The Kier molecular flexibility index (Phi) is 3.22. The first-order valence-electron chi connectivity index (χ1n) is 5.96. The molecule has 0 radical (unpaired) electrons. The molecule has 0 aliphatic rings. The first-order chi connectivity index (χ1) is 9.88. The van der Waals surface area contributed by atoms with Crippen LogP contribution in [0.25, 0.3) is 16.8 Å². The zero-order chi connectivity index (χ0) is 15.2. The number of nitrogen functional groups attached to an aromatic ring is 1. The highest BCUT2D eigenvalue weighted by atomic mass is 79.9. The summed E-state index contributed by atoms with van der Waals surface area (Å²) < 4.78 is 25.4. The Hall–Kier alpha value is -1.93. The SMILES string of the molecule is CS(=O)(=O)c1ccc(-c2cc(Br)c3c(N)ncnn23)cc1. The standard InChI is InChI=1S/C13H11BrN4O2S/c1-21(19,20)9-4-2-8(3-5-9)11-6-10(14)12-13(15)16-7-17-18(11)12/h2-7H,1H3,(H2,15,16,17). The summed E-state index contributed by atoms with van der Waals surface area (Å²) >= 11 is 3.44. The molecule has 6 nitrogen and oxygen atoms in total. The van der Waals surface area contributed by atoms with E-state index in [-0.39, 0.29) is 4.90 Å². The van der Waals surface area contributed by atoms with Gasteiger partial charge < -0.3 is 5.73 Å². The Labute approximate surface area is 129 Å². The fourth-order valence-corrected chi connectivity index (χ4v) is 3.32. The van der Waals surface area contributed by atoms with Crippen molar-refractivity contribution in [2.45, 2.75) is 4.90 Å². The van der Waals surface area contributed by atoms with Crippen LogP contribution >= 0.6 is 15.9 Å². The average molecular weight is 367 g/mol. The summed E-state index contributed by atoms with van der Waals surface area (Å²) in [6, 6.07) is 8.49. The molecule has 0 atom stereocenters. The van der Waals surface area contributed by atoms with Gasteiger partial charge in [-0.1, -0.05) is 12.1 Å². The Bertz CT molecular complexity index is 933. The number of hydrogen-bond acceptors (Lipinski definition) is 5. The van der Waals surface area contributed by atoms with Gasteiger partial charge in [0.15, 0.2) is 15.7 Å². The van der Waals surface area contributed by atoms with E-state index in [9.17, 15) is 8.42 Å². The van der Waals surface area contributed by atoms with Gasteiger partial charge in [-0.25, -0.2) is 17.9 Å². The number of halogens is 1. The lowest BCUT2D eigenvalue weighted by molar-refractivity contribution is 0.602. The number of aromatic nitrogens is 3. The van der Waals surface area contributed by atoms with Crippen LogP contribution in [0.3, 0.4) is 0 Å². The first-order valence-corrected chi connectivity index (χ1v) is 8.64. The number of anilines is 1. The van der Waals surface area contributed by atoms with E-state index >= 15 is 0 Å². The molecule has 0 saturated carbocycles. The molecule has 0 spiro atoms. The van der Waals surface area contributed by atoms with Gasteiger partial charge in [0.1, 0.15) is 11.8 Å². The van der Waals surface area contributed by atoms with Gasteiger partial charge >= 0.3 is 0 Å². The lowest BCUT2D eigenvalue weighted by Gasteiger charge is -2.04. The van der Waals surface area contributed by atoms with Gasteiger partial charge in [-0.05, 0) is 34.1 Å². The molecule has 2 N–H and O–H groups in total. The molecule has 3 rings (SSSR count). The Morgan fingerprint density at radius 1 is 1.24 bits per heavy atom. The maximum absolute atomic E-state index is 11.5. The number of benzene rings is 1. The number of sulfone groups is 1. The Balaban J connectivity index is 2.20. The van der Waals surface area contributed by atoms with Crippen LogP contribution in [0.15, 0.2) is 46.0 Å². The van der Waals surface area contributed by atoms with E-state index in [1.807, 2.05) is 6.07 Å². The van der Waals surface area contributed by atoms with Gasteiger partial charge in [0.05, 0.1) is 10.6 Å². The zero-order valence-corrected chi connectivity index (χ0v) is 13.4. The third-order valence-electron chi connectivity index (χ3n) is 3.11. The molecular formula is C13H11BrN4O2S. The molecule has 0 amide bonds. The largest absolute Gasteiger partial charge is 0.382 e. The van der Waals surface area contributed by atoms with Crippen LogP contribution in [0.2, 0.25) is 0 Å². The maximum Gasteiger partial charge on any atom is 0.175 e. The summed E-state index contributed by atoms with van der Waals surface area (Å²) in [5, 5.41) is 4.19. The molecule has 2 heterocycles. The molecule has 2 aromatic heterocycles. The maximum atomic E-state index is 11.5. The van der Waals surface area contributed by atoms with Crippen LogP contribution in [0, 0.1) is 0 Å². The van der Waals surface area contributed by atoms with E-state index in [1.54, 1.807) is 28.8 Å². The number of nitrogens with zero attached hydrogens (tertiary/aromatic N) is 3. The van der Waals surface area contributed by atoms with Crippen molar-refractivity contribution in [1.82, 2.24) is 14.6 Å². The summed E-state index contributed by atoms with van der Waals surface area (Å²) in [6.07, 6.45) is 2.56. The van der Waals surface area contributed by atoms with Gasteiger partial charge in [-0.15, -0.1) is 0 Å². The summed E-state index contributed by atoms with van der Waals surface area (Å²) in [7, 11) is -3.21. The molecule has 1 aromatic carbocycles. The van der Waals surface area contributed by atoms with Crippen molar-refractivity contribution in [3.05, 3.63) is 41.1 Å². The topological polar surface area (TPSA) is 90.3 Å². The van der Waals surface area contributed by atoms with Gasteiger partial charge in [-0.2, -0.15) is 5.10 Å². The molecule has 0 aliphatic carbocycles. The number of rotatable bonds is 2. The first kappa shape index (κ1) is 14.0. The summed E-state index contributed by atoms with van der Waals surface area (Å²) in [5.74, 6) is 0.371. The van der Waals surface area contributed by atoms with E-state index < -0.39 is 9.84 Å². The molecule has 21 heavy (non-hydrogen) atoms. The summed E-state index contributed by atoms with van der Waals surface area (Å²) in [4.78, 5) is 4.24. The molecule has 0 unspecified atom stereocenters. The highest BCUT2D eigenvalue weighted by Gasteiger charge is 2.14. The number of nitrogens with two attached hydrogens (primary N) is 1. The van der Waals surface area contributed by atoms with Gasteiger partial charge in [0.2, 0.25) is 0 Å². The minimum atomic E-state index is -3.21. The molecule has 0 fully saturated rings. The van der Waals surface area contributed by atoms with Crippen molar-refractivity contribution in [2.75, 3.05) is 12.0 Å². The predicted octanol–water partition coefficient (Wildman–Crippen LogP) is 2.14. The van der Waals surface area contributed by atoms with Gasteiger partial charge in [0, 0.05) is 16.3 Å². The third-order valence-corrected chi connectivity index (χ3v) is 4.85. The predicted molar refractivity (Wildman–Crippen MR) is 83.6 cm³/mol. The average Bonchev–Trinajstić information content (AvgIpc) is 2.77.